The summed E-state index contributed by atoms with van der Waals surface area (Å²) in [5.41, 5.74) is -0.234. The number of phenolic OH excluding ortho intramolecular Hbond substituents is 2. The molecule has 0 spiro atoms. The number of hydrogen-bond donors (Lipinski definition) is 2. The number of alkyl halides is 1. The highest BCUT2D eigenvalue weighted by atomic mass is 35.5. The molecule has 0 aliphatic heterocycles. The molecular formula is C9H8ClFO3. The van der Waals surface area contributed by atoms with E-state index >= 15 is 0 Å². The molecular weight excluding hydrogens is 211 g/mol. The summed E-state index contributed by atoms with van der Waals surface area (Å²) in [6.07, 6.45) is 0. The van der Waals surface area contributed by atoms with Crippen molar-refractivity contribution in [1.82, 2.24) is 0 Å². The highest BCUT2D eigenvalue weighted by Gasteiger charge is 2.18. The third-order valence-corrected chi connectivity index (χ3v) is 1.89. The van der Waals surface area contributed by atoms with Crippen LogP contribution in [0, 0.1) is 5.82 Å². The molecule has 0 saturated heterocycles. The summed E-state index contributed by atoms with van der Waals surface area (Å²) in [4.78, 5) is 11.3. The minimum Gasteiger partial charge on any atom is -0.507 e. The Labute approximate surface area is 84.7 Å². The Kier molecular flexibility index (Phi) is 2.96. The van der Waals surface area contributed by atoms with Crippen molar-refractivity contribution in [3.05, 3.63) is 23.5 Å². The first-order valence-electron chi connectivity index (χ1n) is 3.83. The molecule has 76 valence electrons. The molecule has 1 aromatic carbocycles. The topological polar surface area (TPSA) is 57.5 Å². The van der Waals surface area contributed by atoms with Gasteiger partial charge in [-0.1, -0.05) is 0 Å². The van der Waals surface area contributed by atoms with Crippen molar-refractivity contribution in [1.29, 1.82) is 0 Å². The van der Waals surface area contributed by atoms with E-state index < -0.39 is 28.5 Å². The lowest BCUT2D eigenvalue weighted by Crippen LogP contribution is -2.10. The van der Waals surface area contributed by atoms with Crippen LogP contribution in [-0.2, 0) is 0 Å². The Hall–Kier alpha value is -1.29. The number of carbonyl (C=O) groups excluding carboxylic acids is 1. The van der Waals surface area contributed by atoms with Gasteiger partial charge in [-0.2, -0.15) is 0 Å². The number of halogens is 2. The van der Waals surface area contributed by atoms with Crippen molar-refractivity contribution < 1.29 is 19.4 Å². The molecule has 5 heteroatoms. The molecule has 0 fully saturated rings. The first kappa shape index (κ1) is 10.8. The highest BCUT2D eigenvalue weighted by molar-refractivity contribution is 6.33. The Bertz CT molecular complexity index is 377. The van der Waals surface area contributed by atoms with Gasteiger partial charge in [0.15, 0.2) is 17.3 Å². The van der Waals surface area contributed by atoms with Crippen molar-refractivity contribution in [3.63, 3.8) is 0 Å². The molecule has 0 heterocycles. The zero-order chi connectivity index (χ0) is 10.9. The van der Waals surface area contributed by atoms with Gasteiger partial charge in [-0.3, -0.25) is 4.79 Å². The average molecular weight is 219 g/mol. The number of Topliss-reactive ketones (excluding diaryl/α,β-unsaturated/α-hetero) is 1. The van der Waals surface area contributed by atoms with Crippen molar-refractivity contribution >= 4 is 17.4 Å². The van der Waals surface area contributed by atoms with E-state index in [1.54, 1.807) is 0 Å². The molecule has 3 nitrogen and oxygen atoms in total. The Morgan fingerprint density at radius 3 is 2.50 bits per heavy atom. The second-order valence-corrected chi connectivity index (χ2v) is 3.46. The summed E-state index contributed by atoms with van der Waals surface area (Å²) in [6.45, 7) is 1.41. The number of carbonyl (C=O) groups is 1. The van der Waals surface area contributed by atoms with Crippen LogP contribution in [0.1, 0.15) is 17.3 Å². The molecule has 0 radical (unpaired) electrons. The summed E-state index contributed by atoms with van der Waals surface area (Å²) in [7, 11) is 0. The Balaban J connectivity index is 3.22. The maximum atomic E-state index is 12.8. The van der Waals surface area contributed by atoms with Gasteiger partial charge in [0, 0.05) is 6.07 Å². The van der Waals surface area contributed by atoms with Gasteiger partial charge in [0.1, 0.15) is 5.75 Å². The minimum absolute atomic E-state index is 0.234. The van der Waals surface area contributed by atoms with Gasteiger partial charge >= 0.3 is 0 Å². The van der Waals surface area contributed by atoms with E-state index in [9.17, 15) is 14.3 Å². The van der Waals surface area contributed by atoms with Crippen LogP contribution in [0.25, 0.3) is 0 Å². The molecule has 0 aliphatic rings. The van der Waals surface area contributed by atoms with Crippen molar-refractivity contribution in [2.45, 2.75) is 12.3 Å². The fourth-order valence-electron chi connectivity index (χ4n) is 0.962. The maximum Gasteiger partial charge on any atom is 0.184 e. The molecule has 1 rings (SSSR count). The van der Waals surface area contributed by atoms with E-state index in [0.29, 0.717) is 0 Å². The number of phenols is 2. The van der Waals surface area contributed by atoms with Gasteiger partial charge < -0.3 is 10.2 Å². The van der Waals surface area contributed by atoms with Crippen LogP contribution in [0.5, 0.6) is 11.5 Å². The molecule has 1 aromatic rings. The summed E-state index contributed by atoms with van der Waals surface area (Å²) in [6, 6.07) is 1.52. The highest BCUT2D eigenvalue weighted by Crippen LogP contribution is 2.27. The minimum atomic E-state index is -0.969. The van der Waals surface area contributed by atoms with Crippen molar-refractivity contribution in [2.75, 3.05) is 0 Å². The van der Waals surface area contributed by atoms with E-state index in [-0.39, 0.29) is 5.56 Å². The van der Waals surface area contributed by atoms with E-state index in [2.05, 4.69) is 0 Å². The third kappa shape index (κ3) is 1.96. The normalized spacial score (nSPS) is 12.5. The van der Waals surface area contributed by atoms with Crippen LogP contribution < -0.4 is 0 Å². The van der Waals surface area contributed by atoms with Crippen LogP contribution in [0.2, 0.25) is 0 Å². The lowest BCUT2D eigenvalue weighted by molar-refractivity contribution is 0.0988. The number of ketones is 1. The molecule has 2 N–H and O–H groups in total. The SMILES string of the molecule is CC(Cl)C(=O)c1cc(F)c(O)cc1O. The summed E-state index contributed by atoms with van der Waals surface area (Å²) >= 11 is 5.48. The number of aromatic hydroxyl groups is 2. The first-order chi connectivity index (χ1) is 6.43. The molecule has 0 bridgehead atoms. The van der Waals surface area contributed by atoms with Gasteiger partial charge in [0.05, 0.1) is 10.9 Å². The molecule has 14 heavy (non-hydrogen) atoms. The predicted molar refractivity (Wildman–Crippen MR) is 49.4 cm³/mol. The standard InChI is InChI=1S/C9H8ClFO3/c1-4(10)9(14)5-2-6(11)8(13)3-7(5)12/h2-4,12-13H,1H3. The van der Waals surface area contributed by atoms with E-state index in [1.165, 1.54) is 6.92 Å². The third-order valence-electron chi connectivity index (χ3n) is 1.69. The van der Waals surface area contributed by atoms with Gasteiger partial charge in [0.2, 0.25) is 0 Å². The quantitative estimate of drug-likeness (QED) is 0.590. The summed E-state index contributed by atoms with van der Waals surface area (Å²) < 4.78 is 12.8. The van der Waals surface area contributed by atoms with Crippen molar-refractivity contribution in [2.24, 2.45) is 0 Å². The van der Waals surface area contributed by atoms with Crippen LogP contribution in [-0.4, -0.2) is 21.4 Å². The lowest BCUT2D eigenvalue weighted by atomic mass is 10.1. The second kappa shape index (κ2) is 3.84. The zero-order valence-corrected chi connectivity index (χ0v) is 8.05. The first-order valence-corrected chi connectivity index (χ1v) is 4.27. The summed E-state index contributed by atoms with van der Waals surface area (Å²) in [5.74, 6) is -2.76. The smallest absolute Gasteiger partial charge is 0.184 e. The second-order valence-electron chi connectivity index (χ2n) is 2.80. The van der Waals surface area contributed by atoms with Crippen molar-refractivity contribution in [3.8, 4) is 11.5 Å². The van der Waals surface area contributed by atoms with E-state index in [0.717, 1.165) is 12.1 Å². The fourth-order valence-corrected chi connectivity index (χ4v) is 1.08. The number of hydrogen-bond acceptors (Lipinski definition) is 3. The van der Waals surface area contributed by atoms with Gasteiger partial charge in [-0.15, -0.1) is 11.6 Å². The van der Waals surface area contributed by atoms with Crippen LogP contribution in [0.15, 0.2) is 12.1 Å². The molecule has 1 atom stereocenters. The number of rotatable bonds is 2. The molecule has 1 unspecified atom stereocenters. The van der Waals surface area contributed by atoms with Gasteiger partial charge in [-0.05, 0) is 13.0 Å². The average Bonchev–Trinajstić information content (AvgIpc) is 2.10. The van der Waals surface area contributed by atoms with Crippen LogP contribution in [0.4, 0.5) is 4.39 Å². The predicted octanol–water partition coefficient (Wildman–Crippen LogP) is 2.05. The summed E-state index contributed by atoms with van der Waals surface area (Å²) in [5, 5.41) is 17.2. The van der Waals surface area contributed by atoms with Crippen LogP contribution >= 0.6 is 11.6 Å². The van der Waals surface area contributed by atoms with Gasteiger partial charge in [0.25, 0.3) is 0 Å². The van der Waals surface area contributed by atoms with Gasteiger partial charge in [-0.25, -0.2) is 4.39 Å². The van der Waals surface area contributed by atoms with E-state index in [4.69, 9.17) is 16.7 Å². The molecule has 0 aliphatic carbocycles. The maximum absolute atomic E-state index is 12.8. The monoisotopic (exact) mass is 218 g/mol. The molecule has 0 amide bonds. The molecule has 0 saturated carbocycles. The fraction of sp³-hybridized carbons (Fsp3) is 0.222. The zero-order valence-electron chi connectivity index (χ0n) is 7.29. The Morgan fingerprint density at radius 2 is 2.00 bits per heavy atom. The largest absolute Gasteiger partial charge is 0.507 e. The molecule has 0 aromatic heterocycles. The van der Waals surface area contributed by atoms with Crippen LogP contribution in [0.3, 0.4) is 0 Å². The van der Waals surface area contributed by atoms with E-state index in [1.807, 2.05) is 0 Å². The lowest BCUT2D eigenvalue weighted by Gasteiger charge is -2.06. The number of benzene rings is 1. The Morgan fingerprint density at radius 1 is 1.43 bits per heavy atom.